The molecule has 180 valence electrons. The Morgan fingerprint density at radius 3 is 2.56 bits per heavy atom. The molecule has 0 N–H and O–H groups in total. The van der Waals surface area contributed by atoms with Gasteiger partial charge in [-0.3, -0.25) is 0 Å². The number of furan rings is 1. The van der Waals surface area contributed by atoms with E-state index in [2.05, 4.69) is 15.9 Å². The van der Waals surface area contributed by atoms with Crippen molar-refractivity contribution in [3.8, 4) is 11.5 Å². The Kier molecular flexibility index (Phi) is 5.99. The standard InChI is InChI=1S/C27H17BrCl2N2O4/c28-17-7-3-16(4-8-17)27(33)35-19-9-5-15(6-10-19)26-32-23(14-22(31-32)24-2-1-11-34-24)20-12-18(29)13-21(30)25(20)36-26/h1-13,23,26H,14H2/t23-,26-/m0/s1. The van der Waals surface area contributed by atoms with Crippen molar-refractivity contribution in [2.24, 2.45) is 5.10 Å². The van der Waals surface area contributed by atoms with Gasteiger partial charge in [0.25, 0.3) is 0 Å². The summed E-state index contributed by atoms with van der Waals surface area (Å²) in [5.74, 6) is 1.27. The molecule has 0 saturated heterocycles. The predicted molar refractivity (Wildman–Crippen MR) is 140 cm³/mol. The van der Waals surface area contributed by atoms with Crippen LogP contribution in [0.3, 0.4) is 0 Å². The van der Waals surface area contributed by atoms with Gasteiger partial charge in [-0.25, -0.2) is 9.80 Å². The van der Waals surface area contributed by atoms with Crippen molar-refractivity contribution in [2.45, 2.75) is 18.7 Å². The first-order valence-corrected chi connectivity index (χ1v) is 12.6. The fraction of sp³-hybridized carbons (Fsp3) is 0.111. The second-order valence-corrected chi connectivity index (χ2v) is 10.1. The Bertz CT molecular complexity index is 1470. The largest absolute Gasteiger partial charge is 0.463 e. The van der Waals surface area contributed by atoms with Crippen molar-refractivity contribution >= 4 is 50.8 Å². The number of ether oxygens (including phenoxy) is 2. The van der Waals surface area contributed by atoms with Crippen molar-refractivity contribution in [2.75, 3.05) is 0 Å². The number of hydrazone groups is 1. The van der Waals surface area contributed by atoms with Gasteiger partial charge in [-0.1, -0.05) is 39.1 Å². The number of halogens is 3. The molecule has 0 amide bonds. The lowest BCUT2D eigenvalue weighted by Crippen LogP contribution is -2.33. The predicted octanol–water partition coefficient (Wildman–Crippen LogP) is 7.81. The lowest BCUT2D eigenvalue weighted by molar-refractivity contribution is -0.0189. The summed E-state index contributed by atoms with van der Waals surface area (Å²) in [6.45, 7) is 0. The molecule has 3 aromatic carbocycles. The maximum Gasteiger partial charge on any atom is 0.343 e. The molecule has 2 atom stereocenters. The minimum atomic E-state index is -0.551. The molecular weight excluding hydrogens is 567 g/mol. The minimum Gasteiger partial charge on any atom is -0.463 e. The van der Waals surface area contributed by atoms with E-state index in [-0.39, 0.29) is 6.04 Å². The van der Waals surface area contributed by atoms with Crippen LogP contribution in [0, 0.1) is 0 Å². The normalized spacial score (nSPS) is 18.2. The third-order valence-electron chi connectivity index (χ3n) is 6.07. The zero-order valence-corrected chi connectivity index (χ0v) is 21.6. The number of nitrogens with zero attached hydrogens (tertiary/aromatic N) is 2. The number of fused-ring (bicyclic) bond motifs is 3. The zero-order valence-electron chi connectivity index (χ0n) is 18.5. The summed E-state index contributed by atoms with van der Waals surface area (Å²) in [5, 5.41) is 7.71. The van der Waals surface area contributed by atoms with Crippen LogP contribution >= 0.6 is 39.1 Å². The molecule has 0 bridgehead atoms. The van der Waals surface area contributed by atoms with Gasteiger partial charge in [0.1, 0.15) is 23.0 Å². The topological polar surface area (TPSA) is 64.3 Å². The van der Waals surface area contributed by atoms with Gasteiger partial charge < -0.3 is 13.9 Å². The average molecular weight is 584 g/mol. The molecule has 2 aliphatic rings. The van der Waals surface area contributed by atoms with E-state index >= 15 is 0 Å². The first-order chi connectivity index (χ1) is 17.5. The van der Waals surface area contributed by atoms with Gasteiger partial charge in [-0.15, -0.1) is 0 Å². The quantitative estimate of drug-likeness (QED) is 0.181. The van der Waals surface area contributed by atoms with Crippen molar-refractivity contribution in [1.29, 1.82) is 0 Å². The molecule has 6 rings (SSSR count). The van der Waals surface area contributed by atoms with E-state index in [4.69, 9.17) is 42.2 Å². The Balaban J connectivity index is 1.31. The van der Waals surface area contributed by atoms with Gasteiger partial charge in [0, 0.05) is 27.0 Å². The van der Waals surface area contributed by atoms with Gasteiger partial charge in [-0.2, -0.15) is 5.10 Å². The Hall–Kier alpha value is -3.26. The van der Waals surface area contributed by atoms with Crippen LogP contribution in [0.2, 0.25) is 10.0 Å². The van der Waals surface area contributed by atoms with Crippen LogP contribution in [0.4, 0.5) is 0 Å². The summed E-state index contributed by atoms with van der Waals surface area (Å²) >= 11 is 16.2. The van der Waals surface area contributed by atoms with Crippen LogP contribution in [-0.2, 0) is 0 Å². The molecule has 0 fully saturated rings. The molecule has 0 radical (unpaired) electrons. The molecule has 9 heteroatoms. The van der Waals surface area contributed by atoms with E-state index in [1.54, 1.807) is 48.7 Å². The highest BCUT2D eigenvalue weighted by atomic mass is 79.9. The van der Waals surface area contributed by atoms with Crippen LogP contribution in [-0.4, -0.2) is 16.7 Å². The molecule has 1 aromatic heterocycles. The fourth-order valence-electron chi connectivity index (χ4n) is 4.38. The molecule has 4 aromatic rings. The van der Waals surface area contributed by atoms with Crippen LogP contribution in [0.1, 0.15) is 45.9 Å². The maximum atomic E-state index is 12.5. The number of hydrogen-bond acceptors (Lipinski definition) is 6. The number of carbonyl (C=O) groups is 1. The van der Waals surface area contributed by atoms with Crippen LogP contribution in [0.15, 0.2) is 93.1 Å². The lowest BCUT2D eigenvalue weighted by Gasteiger charge is -2.38. The number of benzene rings is 3. The molecule has 0 saturated carbocycles. The second-order valence-electron chi connectivity index (χ2n) is 8.37. The van der Waals surface area contributed by atoms with Gasteiger partial charge in [-0.05, 0) is 72.8 Å². The van der Waals surface area contributed by atoms with E-state index in [0.717, 1.165) is 21.3 Å². The van der Waals surface area contributed by atoms with E-state index < -0.39 is 12.2 Å². The maximum absolute atomic E-state index is 12.5. The monoisotopic (exact) mass is 582 g/mol. The van der Waals surface area contributed by atoms with Crippen molar-refractivity contribution in [3.05, 3.63) is 116 Å². The molecule has 3 heterocycles. The number of carbonyl (C=O) groups excluding carboxylic acids is 1. The molecule has 36 heavy (non-hydrogen) atoms. The molecule has 0 unspecified atom stereocenters. The summed E-state index contributed by atoms with van der Waals surface area (Å²) in [6, 6.07) is 21.3. The highest BCUT2D eigenvalue weighted by Crippen LogP contribution is 2.50. The molecule has 6 nitrogen and oxygen atoms in total. The minimum absolute atomic E-state index is 0.134. The van der Waals surface area contributed by atoms with Gasteiger partial charge in [0.2, 0.25) is 6.23 Å². The third-order valence-corrected chi connectivity index (χ3v) is 7.10. The van der Waals surface area contributed by atoms with Crippen LogP contribution in [0.5, 0.6) is 11.5 Å². The zero-order chi connectivity index (χ0) is 24.8. The smallest absolute Gasteiger partial charge is 0.343 e. The summed E-state index contributed by atoms with van der Waals surface area (Å²) in [4.78, 5) is 12.5. The van der Waals surface area contributed by atoms with Crippen molar-refractivity contribution in [3.63, 3.8) is 0 Å². The molecule has 0 spiro atoms. The summed E-state index contributed by atoms with van der Waals surface area (Å²) in [5.41, 5.74) is 2.96. The van der Waals surface area contributed by atoms with Gasteiger partial charge >= 0.3 is 5.97 Å². The van der Waals surface area contributed by atoms with E-state index in [9.17, 15) is 4.79 Å². The van der Waals surface area contributed by atoms with E-state index in [1.807, 2.05) is 35.3 Å². The van der Waals surface area contributed by atoms with E-state index in [1.165, 1.54) is 0 Å². The summed E-state index contributed by atoms with van der Waals surface area (Å²) < 4.78 is 18.4. The third kappa shape index (κ3) is 4.28. The summed E-state index contributed by atoms with van der Waals surface area (Å²) in [6.07, 6.45) is 1.68. The summed E-state index contributed by atoms with van der Waals surface area (Å²) in [7, 11) is 0. The number of hydrogen-bond donors (Lipinski definition) is 0. The molecular formula is C27H17BrCl2N2O4. The average Bonchev–Trinajstić information content (AvgIpc) is 3.55. The Morgan fingerprint density at radius 2 is 1.83 bits per heavy atom. The molecule has 2 aliphatic heterocycles. The van der Waals surface area contributed by atoms with Gasteiger partial charge in [0.15, 0.2) is 0 Å². The molecule has 0 aliphatic carbocycles. The van der Waals surface area contributed by atoms with Crippen LogP contribution in [0.25, 0.3) is 0 Å². The highest BCUT2D eigenvalue weighted by Gasteiger charge is 2.42. The van der Waals surface area contributed by atoms with Crippen LogP contribution < -0.4 is 9.47 Å². The highest BCUT2D eigenvalue weighted by molar-refractivity contribution is 9.10. The lowest BCUT2D eigenvalue weighted by atomic mass is 9.97. The van der Waals surface area contributed by atoms with E-state index in [0.29, 0.717) is 39.3 Å². The van der Waals surface area contributed by atoms with Crippen molar-refractivity contribution < 1.29 is 18.7 Å². The first-order valence-electron chi connectivity index (χ1n) is 11.1. The second kappa shape index (κ2) is 9.32. The fourth-order valence-corrected chi connectivity index (χ4v) is 5.20. The number of esters is 1. The Morgan fingerprint density at radius 1 is 1.06 bits per heavy atom. The van der Waals surface area contributed by atoms with Crippen molar-refractivity contribution in [1.82, 2.24) is 5.01 Å². The Labute approximate surface area is 225 Å². The van der Waals surface area contributed by atoms with Gasteiger partial charge in [0.05, 0.1) is 22.9 Å². The number of rotatable bonds is 4. The SMILES string of the molecule is O=C(Oc1ccc([C@@H]2Oc3c(Cl)cc(Cl)cc3[C@@H]3CC(c4ccco4)=NN32)cc1)c1ccc(Br)cc1. The first kappa shape index (κ1) is 23.2.